The molecule has 0 bridgehead atoms. The van der Waals surface area contributed by atoms with Gasteiger partial charge in [0.15, 0.2) is 0 Å². The number of rotatable bonds is 6. The van der Waals surface area contributed by atoms with Crippen molar-refractivity contribution >= 4 is 11.8 Å². The van der Waals surface area contributed by atoms with Crippen LogP contribution in [-0.4, -0.2) is 42.4 Å². The lowest BCUT2D eigenvalue weighted by molar-refractivity contribution is -0.120. The van der Waals surface area contributed by atoms with Gasteiger partial charge in [-0.3, -0.25) is 14.5 Å². The van der Waals surface area contributed by atoms with Crippen LogP contribution in [0.2, 0.25) is 0 Å². The van der Waals surface area contributed by atoms with Crippen molar-refractivity contribution in [3.05, 3.63) is 71.3 Å². The average molecular weight is 394 g/mol. The molecule has 1 fully saturated rings. The van der Waals surface area contributed by atoms with Crippen molar-refractivity contribution in [1.82, 2.24) is 15.5 Å². The predicted molar refractivity (Wildman–Crippen MR) is 116 cm³/mol. The zero-order valence-electron chi connectivity index (χ0n) is 17.6. The van der Waals surface area contributed by atoms with Crippen LogP contribution in [0.15, 0.2) is 54.6 Å². The maximum Gasteiger partial charge on any atom is 0.251 e. The Morgan fingerprint density at radius 2 is 1.72 bits per heavy atom. The molecule has 1 heterocycles. The standard InChI is InChI=1S/C24H31N3O2/c1-24(2,3)20-11-9-19(10-12-20)23(29)25-15-22(28)26-21-13-14-27(17-21)16-18-7-5-4-6-8-18/h4-12,21H,13-17H2,1-3H3,(H,25,29)(H,26,28). The number of hydrogen-bond donors (Lipinski definition) is 2. The molecule has 5 heteroatoms. The van der Waals surface area contributed by atoms with Crippen molar-refractivity contribution in [3.8, 4) is 0 Å². The molecule has 5 nitrogen and oxygen atoms in total. The molecule has 0 saturated carbocycles. The predicted octanol–water partition coefficient (Wildman–Crippen LogP) is 3.10. The molecular weight excluding hydrogens is 362 g/mol. The second-order valence-corrected chi connectivity index (χ2v) is 8.78. The molecule has 3 rings (SSSR count). The summed E-state index contributed by atoms with van der Waals surface area (Å²) in [5.74, 6) is -0.367. The number of carbonyl (C=O) groups excluding carboxylic acids is 2. The topological polar surface area (TPSA) is 61.4 Å². The Morgan fingerprint density at radius 1 is 1.03 bits per heavy atom. The van der Waals surface area contributed by atoms with E-state index in [2.05, 4.69) is 48.4 Å². The van der Waals surface area contributed by atoms with Crippen molar-refractivity contribution in [2.45, 2.75) is 45.2 Å². The van der Waals surface area contributed by atoms with Gasteiger partial charge in [0.1, 0.15) is 0 Å². The van der Waals surface area contributed by atoms with Crippen molar-refractivity contribution in [3.63, 3.8) is 0 Å². The summed E-state index contributed by atoms with van der Waals surface area (Å²) in [6.45, 7) is 9.10. The van der Waals surface area contributed by atoms with E-state index in [0.29, 0.717) is 5.56 Å². The summed E-state index contributed by atoms with van der Waals surface area (Å²) >= 11 is 0. The van der Waals surface area contributed by atoms with E-state index < -0.39 is 0 Å². The first kappa shape index (κ1) is 21.1. The van der Waals surface area contributed by atoms with Crippen LogP contribution < -0.4 is 10.6 Å². The third-order valence-electron chi connectivity index (χ3n) is 5.31. The van der Waals surface area contributed by atoms with Crippen LogP contribution in [-0.2, 0) is 16.8 Å². The minimum Gasteiger partial charge on any atom is -0.350 e. The molecule has 0 radical (unpaired) electrons. The monoisotopic (exact) mass is 393 g/mol. The highest BCUT2D eigenvalue weighted by molar-refractivity contribution is 5.96. The van der Waals surface area contributed by atoms with Gasteiger partial charge in [0.2, 0.25) is 5.91 Å². The zero-order valence-corrected chi connectivity index (χ0v) is 17.6. The molecule has 29 heavy (non-hydrogen) atoms. The van der Waals surface area contributed by atoms with Gasteiger partial charge in [-0.15, -0.1) is 0 Å². The summed E-state index contributed by atoms with van der Waals surface area (Å²) in [7, 11) is 0. The lowest BCUT2D eigenvalue weighted by Gasteiger charge is -2.19. The van der Waals surface area contributed by atoms with Crippen molar-refractivity contribution in [2.75, 3.05) is 19.6 Å². The van der Waals surface area contributed by atoms with Crippen molar-refractivity contribution < 1.29 is 9.59 Å². The van der Waals surface area contributed by atoms with Gasteiger partial charge in [0, 0.05) is 31.2 Å². The summed E-state index contributed by atoms with van der Waals surface area (Å²) in [6, 6.07) is 18.0. The molecule has 0 aromatic heterocycles. The van der Waals surface area contributed by atoms with Gasteiger partial charge in [0.05, 0.1) is 6.54 Å². The zero-order chi connectivity index (χ0) is 20.9. The van der Waals surface area contributed by atoms with Crippen LogP contribution in [0.5, 0.6) is 0 Å². The minimum atomic E-state index is -0.224. The van der Waals surface area contributed by atoms with E-state index >= 15 is 0 Å². The van der Waals surface area contributed by atoms with Crippen LogP contribution in [0.1, 0.15) is 48.7 Å². The quantitative estimate of drug-likeness (QED) is 0.793. The fraction of sp³-hybridized carbons (Fsp3) is 0.417. The number of benzene rings is 2. The molecule has 1 unspecified atom stereocenters. The summed E-state index contributed by atoms with van der Waals surface area (Å²) in [5, 5.41) is 5.75. The van der Waals surface area contributed by atoms with Gasteiger partial charge in [0.25, 0.3) is 5.91 Å². The minimum absolute atomic E-state index is 0.00492. The second kappa shape index (κ2) is 9.23. The highest BCUT2D eigenvalue weighted by atomic mass is 16.2. The lowest BCUT2D eigenvalue weighted by Crippen LogP contribution is -2.43. The van der Waals surface area contributed by atoms with Gasteiger partial charge in [-0.2, -0.15) is 0 Å². The van der Waals surface area contributed by atoms with E-state index in [0.717, 1.165) is 26.1 Å². The highest BCUT2D eigenvalue weighted by Crippen LogP contribution is 2.22. The maximum absolute atomic E-state index is 12.3. The Kier molecular flexibility index (Phi) is 6.70. The first-order chi connectivity index (χ1) is 13.8. The summed E-state index contributed by atoms with van der Waals surface area (Å²) < 4.78 is 0. The van der Waals surface area contributed by atoms with E-state index in [1.165, 1.54) is 11.1 Å². The third kappa shape index (κ3) is 6.16. The number of hydrogen-bond acceptors (Lipinski definition) is 3. The van der Waals surface area contributed by atoms with E-state index in [1.54, 1.807) is 0 Å². The van der Waals surface area contributed by atoms with E-state index in [9.17, 15) is 9.59 Å². The van der Waals surface area contributed by atoms with E-state index in [1.807, 2.05) is 42.5 Å². The van der Waals surface area contributed by atoms with Crippen molar-refractivity contribution in [2.24, 2.45) is 0 Å². The number of nitrogens with one attached hydrogen (secondary N) is 2. The molecule has 1 atom stereocenters. The SMILES string of the molecule is CC(C)(C)c1ccc(C(=O)NCC(=O)NC2CCN(Cc3ccccc3)C2)cc1. The maximum atomic E-state index is 12.3. The molecule has 2 aromatic carbocycles. The Balaban J connectivity index is 1.41. The van der Waals surface area contributed by atoms with Gasteiger partial charge in [-0.25, -0.2) is 0 Å². The number of carbonyl (C=O) groups is 2. The molecule has 2 amide bonds. The van der Waals surface area contributed by atoms with Gasteiger partial charge < -0.3 is 10.6 Å². The summed E-state index contributed by atoms with van der Waals surface area (Å²) in [6.07, 6.45) is 0.931. The second-order valence-electron chi connectivity index (χ2n) is 8.78. The molecule has 2 aromatic rings. The highest BCUT2D eigenvalue weighted by Gasteiger charge is 2.24. The smallest absolute Gasteiger partial charge is 0.251 e. The third-order valence-corrected chi connectivity index (χ3v) is 5.31. The summed E-state index contributed by atoms with van der Waals surface area (Å²) in [4.78, 5) is 26.9. The summed E-state index contributed by atoms with van der Waals surface area (Å²) in [5.41, 5.74) is 3.07. The number of amides is 2. The van der Waals surface area contributed by atoms with Gasteiger partial charge in [-0.05, 0) is 35.1 Å². The molecule has 0 spiro atoms. The normalized spacial score (nSPS) is 17.1. The van der Waals surface area contributed by atoms with Crippen LogP contribution in [0.3, 0.4) is 0 Å². The number of nitrogens with zero attached hydrogens (tertiary/aromatic N) is 1. The Labute approximate surface area is 173 Å². The molecular formula is C24H31N3O2. The Morgan fingerprint density at radius 3 is 2.38 bits per heavy atom. The molecule has 1 aliphatic rings. The van der Waals surface area contributed by atoms with E-state index in [-0.39, 0.29) is 29.8 Å². The average Bonchev–Trinajstić information content (AvgIpc) is 3.13. The molecule has 0 aliphatic carbocycles. The van der Waals surface area contributed by atoms with E-state index in [4.69, 9.17) is 0 Å². The first-order valence-corrected chi connectivity index (χ1v) is 10.3. The van der Waals surface area contributed by atoms with Crippen molar-refractivity contribution in [1.29, 1.82) is 0 Å². The fourth-order valence-corrected chi connectivity index (χ4v) is 3.60. The van der Waals surface area contributed by atoms with Crippen LogP contribution in [0.25, 0.3) is 0 Å². The first-order valence-electron chi connectivity index (χ1n) is 10.3. The fourth-order valence-electron chi connectivity index (χ4n) is 3.60. The van der Waals surface area contributed by atoms with Gasteiger partial charge in [-0.1, -0.05) is 63.2 Å². The molecule has 1 aliphatic heterocycles. The Hall–Kier alpha value is -2.66. The van der Waals surface area contributed by atoms with Gasteiger partial charge >= 0.3 is 0 Å². The van der Waals surface area contributed by atoms with Crippen LogP contribution >= 0.6 is 0 Å². The largest absolute Gasteiger partial charge is 0.350 e. The molecule has 154 valence electrons. The van der Waals surface area contributed by atoms with Crippen LogP contribution in [0, 0.1) is 0 Å². The molecule has 1 saturated heterocycles. The number of likely N-dealkylation sites (tertiary alicyclic amines) is 1. The Bertz CT molecular complexity index is 825. The molecule has 2 N–H and O–H groups in total. The van der Waals surface area contributed by atoms with Crippen LogP contribution in [0.4, 0.5) is 0 Å². The lowest BCUT2D eigenvalue weighted by atomic mass is 9.87.